The average Bonchev–Trinajstić information content (AvgIpc) is 2.21. The summed E-state index contributed by atoms with van der Waals surface area (Å²) in [6, 6.07) is 0. The van der Waals surface area contributed by atoms with E-state index in [0.717, 1.165) is 19.3 Å². The van der Waals surface area contributed by atoms with Gasteiger partial charge in [0.05, 0.1) is 0 Å². The molecule has 3 heteroatoms. The van der Waals surface area contributed by atoms with E-state index in [2.05, 4.69) is 11.4 Å². The highest BCUT2D eigenvalue weighted by atomic mass is 16.7. The Morgan fingerprint density at radius 3 is 2.29 bits per heavy atom. The molecule has 14 heavy (non-hydrogen) atoms. The van der Waals surface area contributed by atoms with Gasteiger partial charge in [-0.05, 0) is 19.3 Å². The standard InChI is InChI=1S/C11H21NO2/c1-2-3-4-5-6-7-8-9-10-11(13)14-12/h2H,1,3-10,12H2. The summed E-state index contributed by atoms with van der Waals surface area (Å²) in [6.45, 7) is 3.67. The van der Waals surface area contributed by atoms with Gasteiger partial charge < -0.3 is 4.84 Å². The van der Waals surface area contributed by atoms with Crippen molar-refractivity contribution in [2.24, 2.45) is 5.90 Å². The zero-order chi connectivity index (χ0) is 10.6. The van der Waals surface area contributed by atoms with Crippen molar-refractivity contribution in [1.29, 1.82) is 0 Å². The van der Waals surface area contributed by atoms with Crippen LogP contribution in [-0.4, -0.2) is 5.97 Å². The van der Waals surface area contributed by atoms with E-state index in [9.17, 15) is 4.79 Å². The first-order valence-electron chi connectivity index (χ1n) is 5.31. The topological polar surface area (TPSA) is 52.3 Å². The minimum atomic E-state index is -0.309. The molecule has 0 saturated heterocycles. The van der Waals surface area contributed by atoms with Crippen LogP contribution in [0.15, 0.2) is 12.7 Å². The molecule has 3 nitrogen and oxygen atoms in total. The lowest BCUT2D eigenvalue weighted by molar-refractivity contribution is -0.144. The summed E-state index contributed by atoms with van der Waals surface area (Å²) >= 11 is 0. The number of rotatable bonds is 9. The minimum absolute atomic E-state index is 0.309. The first kappa shape index (κ1) is 13.2. The van der Waals surface area contributed by atoms with Gasteiger partial charge in [0.25, 0.3) is 0 Å². The van der Waals surface area contributed by atoms with Crippen LogP contribution >= 0.6 is 0 Å². The van der Waals surface area contributed by atoms with Gasteiger partial charge in [0.15, 0.2) is 0 Å². The summed E-state index contributed by atoms with van der Waals surface area (Å²) in [6.07, 6.45) is 10.4. The van der Waals surface area contributed by atoms with Gasteiger partial charge in [-0.3, -0.25) is 4.79 Å². The van der Waals surface area contributed by atoms with Crippen molar-refractivity contribution in [3.05, 3.63) is 12.7 Å². The molecule has 0 fully saturated rings. The molecule has 0 bridgehead atoms. The van der Waals surface area contributed by atoms with Crippen molar-refractivity contribution < 1.29 is 9.63 Å². The number of nitrogens with two attached hydrogens (primary N) is 1. The van der Waals surface area contributed by atoms with Crippen LogP contribution in [0.25, 0.3) is 0 Å². The van der Waals surface area contributed by atoms with Gasteiger partial charge in [0.1, 0.15) is 0 Å². The maximum atomic E-state index is 10.6. The highest BCUT2D eigenvalue weighted by Crippen LogP contribution is 2.08. The normalized spacial score (nSPS) is 9.79. The number of hydrogen-bond donors (Lipinski definition) is 1. The fraction of sp³-hybridized carbons (Fsp3) is 0.727. The summed E-state index contributed by atoms with van der Waals surface area (Å²) in [5.74, 6) is 4.40. The van der Waals surface area contributed by atoms with Crippen LogP contribution in [0.3, 0.4) is 0 Å². The third kappa shape index (κ3) is 9.26. The smallest absolute Gasteiger partial charge is 0.324 e. The summed E-state index contributed by atoms with van der Waals surface area (Å²) < 4.78 is 0. The predicted molar refractivity (Wildman–Crippen MR) is 57.4 cm³/mol. The Morgan fingerprint density at radius 1 is 1.14 bits per heavy atom. The SMILES string of the molecule is C=CCCCCCCCCC(=O)ON. The molecule has 0 aromatic carbocycles. The van der Waals surface area contributed by atoms with E-state index in [0.29, 0.717) is 6.42 Å². The monoisotopic (exact) mass is 199 g/mol. The fourth-order valence-corrected chi connectivity index (χ4v) is 1.32. The van der Waals surface area contributed by atoms with E-state index in [1.807, 2.05) is 6.08 Å². The third-order valence-corrected chi connectivity index (χ3v) is 2.17. The molecule has 0 heterocycles. The molecule has 0 unspecified atom stereocenters. The molecule has 0 aliphatic carbocycles. The number of carbonyl (C=O) groups is 1. The fourth-order valence-electron chi connectivity index (χ4n) is 1.32. The van der Waals surface area contributed by atoms with E-state index < -0.39 is 0 Å². The van der Waals surface area contributed by atoms with Crippen LogP contribution in [0.5, 0.6) is 0 Å². The van der Waals surface area contributed by atoms with Gasteiger partial charge in [-0.2, -0.15) is 5.90 Å². The van der Waals surface area contributed by atoms with Crippen molar-refractivity contribution in [3.63, 3.8) is 0 Å². The lowest BCUT2D eigenvalue weighted by atomic mass is 10.1. The molecular formula is C11H21NO2. The van der Waals surface area contributed by atoms with E-state index in [-0.39, 0.29) is 5.97 Å². The molecule has 0 aromatic heterocycles. The van der Waals surface area contributed by atoms with Crippen LogP contribution < -0.4 is 5.90 Å². The van der Waals surface area contributed by atoms with Crippen molar-refractivity contribution in [2.75, 3.05) is 0 Å². The van der Waals surface area contributed by atoms with Crippen LogP contribution in [0.1, 0.15) is 51.4 Å². The Kier molecular flexibility index (Phi) is 9.64. The van der Waals surface area contributed by atoms with Gasteiger partial charge in [-0.25, -0.2) is 0 Å². The molecule has 0 atom stereocenters. The predicted octanol–water partition coefficient (Wildman–Crippen LogP) is 2.71. The van der Waals surface area contributed by atoms with Gasteiger partial charge in [-0.15, -0.1) is 6.58 Å². The third-order valence-electron chi connectivity index (χ3n) is 2.17. The summed E-state index contributed by atoms with van der Waals surface area (Å²) in [7, 11) is 0. The van der Waals surface area contributed by atoms with Crippen molar-refractivity contribution in [1.82, 2.24) is 0 Å². The highest BCUT2D eigenvalue weighted by molar-refractivity contribution is 5.68. The van der Waals surface area contributed by atoms with Crippen LogP contribution in [-0.2, 0) is 9.63 Å². The molecule has 2 N–H and O–H groups in total. The lowest BCUT2D eigenvalue weighted by Gasteiger charge is -2.00. The molecule has 0 amide bonds. The van der Waals surface area contributed by atoms with Gasteiger partial charge >= 0.3 is 5.97 Å². The van der Waals surface area contributed by atoms with Crippen molar-refractivity contribution in [3.8, 4) is 0 Å². The molecule has 0 aliphatic heterocycles. The maximum Gasteiger partial charge on any atom is 0.324 e. The minimum Gasteiger partial charge on any atom is -0.373 e. The summed E-state index contributed by atoms with van der Waals surface area (Å²) in [4.78, 5) is 14.7. The number of unbranched alkanes of at least 4 members (excludes halogenated alkanes) is 6. The lowest BCUT2D eigenvalue weighted by Crippen LogP contribution is -2.08. The first-order valence-corrected chi connectivity index (χ1v) is 5.31. The molecule has 82 valence electrons. The Balaban J connectivity index is 2.98. The molecule has 0 spiro atoms. The first-order chi connectivity index (χ1) is 6.81. The number of carbonyl (C=O) groups excluding carboxylic acids is 1. The zero-order valence-electron chi connectivity index (χ0n) is 8.84. The van der Waals surface area contributed by atoms with E-state index in [1.54, 1.807) is 0 Å². The average molecular weight is 199 g/mol. The molecular weight excluding hydrogens is 178 g/mol. The van der Waals surface area contributed by atoms with Crippen LogP contribution in [0.4, 0.5) is 0 Å². The number of hydrogen-bond acceptors (Lipinski definition) is 3. The quantitative estimate of drug-likeness (QED) is 0.353. The summed E-state index contributed by atoms with van der Waals surface area (Å²) in [5.41, 5.74) is 0. The van der Waals surface area contributed by atoms with E-state index in [1.165, 1.54) is 25.7 Å². The largest absolute Gasteiger partial charge is 0.373 e. The Labute approximate surface area is 86.3 Å². The van der Waals surface area contributed by atoms with E-state index >= 15 is 0 Å². The molecule has 0 aliphatic rings. The van der Waals surface area contributed by atoms with Gasteiger partial charge in [0.2, 0.25) is 0 Å². The van der Waals surface area contributed by atoms with Crippen molar-refractivity contribution in [2.45, 2.75) is 51.4 Å². The second-order valence-corrected chi connectivity index (χ2v) is 3.44. The molecule has 0 rings (SSSR count). The maximum absolute atomic E-state index is 10.6. The van der Waals surface area contributed by atoms with Gasteiger partial charge in [0, 0.05) is 6.42 Å². The second kappa shape index (κ2) is 10.3. The Hall–Kier alpha value is -0.830. The number of allylic oxidation sites excluding steroid dienone is 1. The zero-order valence-corrected chi connectivity index (χ0v) is 8.84. The molecule has 0 aromatic rings. The second-order valence-electron chi connectivity index (χ2n) is 3.44. The Bertz CT molecular complexity index is 157. The summed E-state index contributed by atoms with van der Waals surface area (Å²) in [5, 5.41) is 0. The highest BCUT2D eigenvalue weighted by Gasteiger charge is 1.99. The van der Waals surface area contributed by atoms with Crippen LogP contribution in [0, 0.1) is 0 Å². The van der Waals surface area contributed by atoms with Crippen LogP contribution in [0.2, 0.25) is 0 Å². The van der Waals surface area contributed by atoms with Gasteiger partial charge in [-0.1, -0.05) is 31.8 Å². The molecule has 0 saturated carbocycles. The van der Waals surface area contributed by atoms with Crippen molar-refractivity contribution >= 4 is 5.97 Å². The van der Waals surface area contributed by atoms with E-state index in [4.69, 9.17) is 5.90 Å². The molecule has 0 radical (unpaired) electrons. The Morgan fingerprint density at radius 2 is 1.71 bits per heavy atom.